The van der Waals surface area contributed by atoms with Crippen molar-refractivity contribution in [2.75, 3.05) is 22.7 Å². The average Bonchev–Trinajstić information content (AvgIpc) is 3.13. The average molecular weight is 295 g/mol. The van der Waals surface area contributed by atoms with E-state index in [1.165, 1.54) is 12.4 Å². The Hall–Kier alpha value is -2.16. The standard InChI is InChI=1S/C11H13N5O3S/c17-20(18,10-7-14-19-8-10)15-9-5-12-11(13-6-9)16-3-1-2-4-16/h5-8,15H,1-4H2. The smallest absolute Gasteiger partial charge is 0.266 e. The van der Waals surface area contributed by atoms with Gasteiger partial charge in [-0.05, 0) is 12.8 Å². The first kappa shape index (κ1) is 12.9. The Morgan fingerprint density at radius 2 is 1.85 bits per heavy atom. The van der Waals surface area contributed by atoms with Crippen LogP contribution in [0, 0.1) is 0 Å². The Labute approximate surface area is 115 Å². The summed E-state index contributed by atoms with van der Waals surface area (Å²) in [7, 11) is -3.70. The fraction of sp³-hybridized carbons (Fsp3) is 0.364. The Kier molecular flexibility index (Phi) is 3.26. The van der Waals surface area contributed by atoms with Gasteiger partial charge in [-0.3, -0.25) is 4.72 Å². The van der Waals surface area contributed by atoms with E-state index in [0.29, 0.717) is 11.6 Å². The maximum absolute atomic E-state index is 11.9. The highest BCUT2D eigenvalue weighted by atomic mass is 32.2. The van der Waals surface area contributed by atoms with Gasteiger partial charge in [-0.15, -0.1) is 0 Å². The molecule has 1 aliphatic rings. The van der Waals surface area contributed by atoms with Crippen molar-refractivity contribution < 1.29 is 12.9 Å². The zero-order chi connectivity index (χ0) is 14.0. The predicted molar refractivity (Wildman–Crippen MR) is 70.8 cm³/mol. The molecule has 0 unspecified atom stereocenters. The lowest BCUT2D eigenvalue weighted by Gasteiger charge is -2.14. The third-order valence-electron chi connectivity index (χ3n) is 3.00. The van der Waals surface area contributed by atoms with E-state index in [2.05, 4.69) is 29.3 Å². The summed E-state index contributed by atoms with van der Waals surface area (Å²) in [5.74, 6) is 0.621. The largest absolute Gasteiger partial charge is 0.363 e. The van der Waals surface area contributed by atoms with Gasteiger partial charge in [0.2, 0.25) is 5.95 Å². The third kappa shape index (κ3) is 2.57. The molecule has 0 aliphatic carbocycles. The molecule has 0 aromatic carbocycles. The molecule has 2 aromatic rings. The molecule has 1 N–H and O–H groups in total. The number of nitrogens with one attached hydrogen (secondary N) is 1. The summed E-state index contributed by atoms with van der Waals surface area (Å²) in [6.07, 6.45) is 7.34. The molecule has 20 heavy (non-hydrogen) atoms. The van der Waals surface area contributed by atoms with Crippen LogP contribution in [0.1, 0.15) is 12.8 Å². The number of nitrogens with zero attached hydrogens (tertiary/aromatic N) is 4. The summed E-state index contributed by atoms with van der Waals surface area (Å²) < 4.78 is 30.7. The van der Waals surface area contributed by atoms with Gasteiger partial charge in [-0.2, -0.15) is 0 Å². The zero-order valence-electron chi connectivity index (χ0n) is 10.6. The second kappa shape index (κ2) is 5.08. The predicted octanol–water partition coefficient (Wildman–Crippen LogP) is 0.866. The van der Waals surface area contributed by atoms with E-state index >= 15 is 0 Å². The quantitative estimate of drug-likeness (QED) is 0.892. The van der Waals surface area contributed by atoms with E-state index in [1.807, 2.05) is 0 Å². The molecule has 0 amide bonds. The molecule has 3 heterocycles. The van der Waals surface area contributed by atoms with E-state index in [-0.39, 0.29) is 4.90 Å². The number of sulfonamides is 1. The second-order valence-electron chi connectivity index (χ2n) is 4.43. The lowest BCUT2D eigenvalue weighted by atomic mass is 10.4. The van der Waals surface area contributed by atoms with Crippen LogP contribution in [0.15, 0.2) is 34.3 Å². The summed E-state index contributed by atoms with van der Waals surface area (Å²) in [5, 5.41) is 3.36. The molecule has 1 fully saturated rings. The fourth-order valence-electron chi connectivity index (χ4n) is 2.00. The summed E-state index contributed by atoms with van der Waals surface area (Å²) in [6, 6.07) is 0. The van der Waals surface area contributed by atoms with Gasteiger partial charge in [0.15, 0.2) is 0 Å². The first-order valence-corrected chi connectivity index (χ1v) is 7.63. The molecule has 106 valence electrons. The Balaban J connectivity index is 1.75. The molecule has 0 bridgehead atoms. The lowest BCUT2D eigenvalue weighted by Crippen LogP contribution is -2.20. The van der Waals surface area contributed by atoms with Crippen molar-refractivity contribution in [3.05, 3.63) is 24.9 Å². The summed E-state index contributed by atoms with van der Waals surface area (Å²) in [6.45, 7) is 1.87. The Morgan fingerprint density at radius 3 is 2.45 bits per heavy atom. The number of hydrogen-bond donors (Lipinski definition) is 1. The SMILES string of the molecule is O=S(=O)(Nc1cnc(N2CCCC2)nc1)c1cnoc1. The minimum Gasteiger partial charge on any atom is -0.363 e. The molecular formula is C11H13N5O3S. The molecule has 2 aromatic heterocycles. The molecule has 0 spiro atoms. The first-order chi connectivity index (χ1) is 9.65. The van der Waals surface area contributed by atoms with Crippen molar-refractivity contribution in [1.29, 1.82) is 0 Å². The van der Waals surface area contributed by atoms with Crippen LogP contribution in [0.25, 0.3) is 0 Å². The zero-order valence-corrected chi connectivity index (χ0v) is 11.4. The van der Waals surface area contributed by atoms with Crippen LogP contribution in [0.4, 0.5) is 11.6 Å². The molecule has 0 saturated carbocycles. The van der Waals surface area contributed by atoms with E-state index in [0.717, 1.165) is 38.4 Å². The summed E-state index contributed by atoms with van der Waals surface area (Å²) >= 11 is 0. The monoisotopic (exact) mass is 295 g/mol. The summed E-state index contributed by atoms with van der Waals surface area (Å²) in [4.78, 5) is 10.4. The van der Waals surface area contributed by atoms with Crippen molar-refractivity contribution in [2.24, 2.45) is 0 Å². The van der Waals surface area contributed by atoms with E-state index in [1.54, 1.807) is 0 Å². The van der Waals surface area contributed by atoms with Gasteiger partial charge in [-0.25, -0.2) is 18.4 Å². The molecule has 1 aliphatic heterocycles. The van der Waals surface area contributed by atoms with Crippen LogP contribution in [0.5, 0.6) is 0 Å². The van der Waals surface area contributed by atoms with Gasteiger partial charge >= 0.3 is 0 Å². The van der Waals surface area contributed by atoms with Crippen LogP contribution in [-0.4, -0.2) is 36.6 Å². The maximum Gasteiger partial charge on any atom is 0.266 e. The highest BCUT2D eigenvalue weighted by Gasteiger charge is 2.18. The molecule has 9 heteroatoms. The van der Waals surface area contributed by atoms with Crippen molar-refractivity contribution in [2.45, 2.75) is 17.7 Å². The molecule has 8 nitrogen and oxygen atoms in total. The Morgan fingerprint density at radius 1 is 1.15 bits per heavy atom. The van der Waals surface area contributed by atoms with Crippen molar-refractivity contribution >= 4 is 21.7 Å². The lowest BCUT2D eigenvalue weighted by molar-refractivity contribution is 0.417. The van der Waals surface area contributed by atoms with Crippen molar-refractivity contribution in [3.8, 4) is 0 Å². The van der Waals surface area contributed by atoms with Gasteiger partial charge < -0.3 is 9.42 Å². The van der Waals surface area contributed by atoms with E-state index in [9.17, 15) is 8.42 Å². The number of hydrogen-bond acceptors (Lipinski definition) is 7. The fourth-order valence-corrected chi connectivity index (χ4v) is 2.88. The van der Waals surface area contributed by atoms with E-state index < -0.39 is 10.0 Å². The van der Waals surface area contributed by atoms with Crippen molar-refractivity contribution in [3.63, 3.8) is 0 Å². The normalized spacial score (nSPS) is 15.5. The highest BCUT2D eigenvalue weighted by molar-refractivity contribution is 7.92. The highest BCUT2D eigenvalue weighted by Crippen LogP contribution is 2.18. The van der Waals surface area contributed by atoms with Crippen LogP contribution in [0.2, 0.25) is 0 Å². The molecule has 0 radical (unpaired) electrons. The van der Waals surface area contributed by atoms with Gasteiger partial charge in [-0.1, -0.05) is 5.16 Å². The van der Waals surface area contributed by atoms with Gasteiger partial charge in [0.25, 0.3) is 10.0 Å². The van der Waals surface area contributed by atoms with Gasteiger partial charge in [0.05, 0.1) is 24.3 Å². The second-order valence-corrected chi connectivity index (χ2v) is 6.11. The van der Waals surface area contributed by atoms with Gasteiger partial charge in [0, 0.05) is 13.1 Å². The summed E-state index contributed by atoms with van der Waals surface area (Å²) in [5.41, 5.74) is 0.300. The number of rotatable bonds is 4. The van der Waals surface area contributed by atoms with Crippen LogP contribution < -0.4 is 9.62 Å². The van der Waals surface area contributed by atoms with Gasteiger partial charge in [0.1, 0.15) is 11.2 Å². The van der Waals surface area contributed by atoms with Crippen LogP contribution in [0.3, 0.4) is 0 Å². The third-order valence-corrected chi connectivity index (χ3v) is 4.33. The number of aromatic nitrogens is 3. The molecule has 3 rings (SSSR count). The first-order valence-electron chi connectivity index (χ1n) is 6.14. The van der Waals surface area contributed by atoms with Crippen molar-refractivity contribution in [1.82, 2.24) is 15.1 Å². The minimum absolute atomic E-state index is 0.0406. The minimum atomic E-state index is -3.70. The maximum atomic E-state index is 11.9. The molecule has 0 atom stereocenters. The van der Waals surface area contributed by atoms with Crippen LogP contribution in [-0.2, 0) is 10.0 Å². The van der Waals surface area contributed by atoms with E-state index in [4.69, 9.17) is 0 Å². The molecular weight excluding hydrogens is 282 g/mol. The topological polar surface area (TPSA) is 101 Å². The number of anilines is 2. The van der Waals surface area contributed by atoms with Crippen LogP contribution >= 0.6 is 0 Å². The Bertz CT molecular complexity index is 663. The molecule has 1 saturated heterocycles.